The number of rotatable bonds is 5. The lowest BCUT2D eigenvalue weighted by Gasteiger charge is -2.56. The molecule has 0 saturated carbocycles. The number of nitrogens with zero attached hydrogens (tertiary/aromatic N) is 1. The highest BCUT2D eigenvalue weighted by Crippen LogP contribution is 2.43. The largest absolute Gasteiger partial charge is 0.393 e. The molecule has 0 radical (unpaired) electrons. The van der Waals surface area contributed by atoms with Crippen LogP contribution in [0.2, 0.25) is 0 Å². The number of ether oxygens (including phenoxy) is 4. The van der Waals surface area contributed by atoms with Gasteiger partial charge in [-0.1, -0.05) is 30.3 Å². The highest BCUT2D eigenvalue weighted by molar-refractivity contribution is 5.15. The third kappa shape index (κ3) is 3.54. The molecule has 6 atom stereocenters. The smallest absolute Gasteiger partial charge is 0.220 e. The van der Waals surface area contributed by atoms with Crippen LogP contribution in [-0.2, 0) is 25.5 Å². The maximum atomic E-state index is 10.4. The molecule has 2 aliphatic rings. The minimum Gasteiger partial charge on any atom is -0.393 e. The number of methoxy groups -OCH3 is 2. The van der Waals surface area contributed by atoms with Gasteiger partial charge in [0, 0.05) is 39.8 Å². The summed E-state index contributed by atoms with van der Waals surface area (Å²) in [5.74, 6) is -2.15. The maximum absolute atomic E-state index is 10.4. The van der Waals surface area contributed by atoms with Crippen molar-refractivity contribution in [1.29, 1.82) is 0 Å². The van der Waals surface area contributed by atoms with Crippen molar-refractivity contribution in [3.63, 3.8) is 0 Å². The SMILES string of the molecule is CO[C@@]1(C)O[C@@H]2[C@@H]([C@H](C)O)CN(Cc3ccccc3)C[C@H]2O[C@]1(C)OC. The van der Waals surface area contributed by atoms with Gasteiger partial charge < -0.3 is 24.1 Å². The fourth-order valence-electron chi connectivity index (χ4n) is 4.01. The van der Waals surface area contributed by atoms with Crippen LogP contribution in [-0.4, -0.2) is 67.2 Å². The molecule has 0 aliphatic carbocycles. The molecule has 0 bridgehead atoms. The van der Waals surface area contributed by atoms with Crippen molar-refractivity contribution >= 4 is 0 Å². The fraction of sp³-hybridized carbons (Fsp3) is 0.700. The number of benzene rings is 1. The average molecular weight is 365 g/mol. The van der Waals surface area contributed by atoms with Gasteiger partial charge in [0.15, 0.2) is 0 Å². The summed E-state index contributed by atoms with van der Waals surface area (Å²) in [6, 6.07) is 10.3. The Morgan fingerprint density at radius 2 is 1.73 bits per heavy atom. The van der Waals surface area contributed by atoms with Crippen LogP contribution in [0.1, 0.15) is 26.3 Å². The molecule has 1 N–H and O–H groups in total. The van der Waals surface area contributed by atoms with E-state index in [0.29, 0.717) is 6.54 Å². The molecule has 146 valence electrons. The zero-order chi connectivity index (χ0) is 18.9. The van der Waals surface area contributed by atoms with Crippen molar-refractivity contribution in [1.82, 2.24) is 4.90 Å². The van der Waals surface area contributed by atoms with Gasteiger partial charge in [-0.2, -0.15) is 0 Å². The van der Waals surface area contributed by atoms with Gasteiger partial charge in [0.25, 0.3) is 0 Å². The van der Waals surface area contributed by atoms with Crippen LogP contribution in [0.3, 0.4) is 0 Å². The Hall–Kier alpha value is -1.02. The fourth-order valence-corrected chi connectivity index (χ4v) is 4.01. The first kappa shape index (κ1) is 19.7. The predicted octanol–water partition coefficient (Wildman–Crippen LogP) is 2.01. The molecule has 6 heteroatoms. The topological polar surface area (TPSA) is 60.4 Å². The molecular weight excluding hydrogens is 334 g/mol. The Morgan fingerprint density at radius 3 is 2.31 bits per heavy atom. The van der Waals surface area contributed by atoms with E-state index in [1.165, 1.54) is 5.56 Å². The van der Waals surface area contributed by atoms with E-state index in [2.05, 4.69) is 17.0 Å². The lowest BCUT2D eigenvalue weighted by Crippen LogP contribution is -2.70. The molecule has 2 saturated heterocycles. The molecule has 26 heavy (non-hydrogen) atoms. The Bertz CT molecular complexity index is 597. The predicted molar refractivity (Wildman–Crippen MR) is 97.5 cm³/mol. The van der Waals surface area contributed by atoms with Gasteiger partial charge in [0.05, 0.1) is 12.2 Å². The van der Waals surface area contributed by atoms with Crippen LogP contribution in [0.25, 0.3) is 0 Å². The summed E-state index contributed by atoms with van der Waals surface area (Å²) < 4.78 is 24.0. The van der Waals surface area contributed by atoms with E-state index in [1.54, 1.807) is 14.2 Å². The van der Waals surface area contributed by atoms with Crippen LogP contribution in [0.4, 0.5) is 0 Å². The minimum absolute atomic E-state index is 0.0756. The van der Waals surface area contributed by atoms with Crippen molar-refractivity contribution in [2.24, 2.45) is 5.92 Å². The summed E-state index contributed by atoms with van der Waals surface area (Å²) in [7, 11) is 3.18. The first-order chi connectivity index (χ1) is 12.3. The van der Waals surface area contributed by atoms with Gasteiger partial charge in [0.1, 0.15) is 6.10 Å². The van der Waals surface area contributed by atoms with Crippen LogP contribution >= 0.6 is 0 Å². The Balaban J connectivity index is 1.83. The molecule has 2 fully saturated rings. The summed E-state index contributed by atoms with van der Waals surface area (Å²) in [4.78, 5) is 2.31. The maximum Gasteiger partial charge on any atom is 0.220 e. The van der Waals surface area contributed by atoms with Crippen LogP contribution in [0, 0.1) is 5.92 Å². The summed E-state index contributed by atoms with van der Waals surface area (Å²) in [5, 5.41) is 10.4. The third-order valence-corrected chi connectivity index (χ3v) is 5.91. The van der Waals surface area contributed by atoms with E-state index >= 15 is 0 Å². The number of aliphatic hydroxyl groups excluding tert-OH is 1. The molecule has 1 aromatic carbocycles. The second-order valence-corrected chi connectivity index (χ2v) is 7.62. The Morgan fingerprint density at radius 1 is 1.12 bits per heavy atom. The zero-order valence-corrected chi connectivity index (χ0v) is 16.3. The lowest BCUT2D eigenvalue weighted by atomic mass is 9.86. The minimum atomic E-state index is -1.04. The monoisotopic (exact) mass is 365 g/mol. The molecule has 2 heterocycles. The number of hydrogen-bond donors (Lipinski definition) is 1. The van der Waals surface area contributed by atoms with E-state index < -0.39 is 17.7 Å². The highest BCUT2D eigenvalue weighted by atomic mass is 16.8. The van der Waals surface area contributed by atoms with E-state index in [1.807, 2.05) is 39.0 Å². The van der Waals surface area contributed by atoms with E-state index in [0.717, 1.165) is 13.1 Å². The molecule has 3 rings (SSSR count). The number of hydrogen-bond acceptors (Lipinski definition) is 6. The van der Waals surface area contributed by atoms with E-state index in [9.17, 15) is 5.11 Å². The highest BCUT2D eigenvalue weighted by Gasteiger charge is 2.59. The Kier molecular flexibility index (Phi) is 5.72. The molecular formula is C20H31NO5. The van der Waals surface area contributed by atoms with Gasteiger partial charge >= 0.3 is 0 Å². The standard InChI is InChI=1S/C20H31NO5/c1-14(22)16-12-21(11-15-9-7-6-8-10-15)13-17-18(16)26-20(3,24-5)19(2,23-4)25-17/h6-10,14,16-18,22H,11-13H2,1-5H3/t14-,16+,17+,18+,19-,20-/m0/s1. The van der Waals surface area contributed by atoms with Gasteiger partial charge in [0.2, 0.25) is 11.6 Å². The number of fused-ring (bicyclic) bond motifs is 1. The number of piperidine rings is 1. The van der Waals surface area contributed by atoms with Crippen molar-refractivity contribution in [3.8, 4) is 0 Å². The van der Waals surface area contributed by atoms with Crippen molar-refractivity contribution in [3.05, 3.63) is 35.9 Å². The van der Waals surface area contributed by atoms with Gasteiger partial charge in [-0.25, -0.2) is 0 Å². The molecule has 0 amide bonds. The van der Waals surface area contributed by atoms with E-state index in [-0.39, 0.29) is 18.1 Å². The molecule has 0 aromatic heterocycles. The summed E-state index contributed by atoms with van der Waals surface area (Å²) in [6.45, 7) is 7.72. The summed E-state index contributed by atoms with van der Waals surface area (Å²) in [6.07, 6.45) is -0.979. The normalized spacial score (nSPS) is 39.4. The first-order valence-electron chi connectivity index (χ1n) is 9.22. The van der Waals surface area contributed by atoms with Gasteiger partial charge in [-0.15, -0.1) is 0 Å². The number of likely N-dealkylation sites (tertiary alicyclic amines) is 1. The molecule has 2 aliphatic heterocycles. The van der Waals surface area contributed by atoms with Crippen molar-refractivity contribution < 1.29 is 24.1 Å². The lowest BCUT2D eigenvalue weighted by molar-refractivity contribution is -0.458. The first-order valence-corrected chi connectivity index (χ1v) is 9.22. The summed E-state index contributed by atoms with van der Waals surface area (Å²) >= 11 is 0. The quantitative estimate of drug-likeness (QED) is 0.861. The van der Waals surface area contributed by atoms with Crippen LogP contribution < -0.4 is 0 Å². The van der Waals surface area contributed by atoms with Crippen LogP contribution in [0.5, 0.6) is 0 Å². The molecule has 1 aromatic rings. The Labute approximate surface area is 156 Å². The van der Waals surface area contributed by atoms with Gasteiger partial charge in [-0.05, 0) is 26.3 Å². The van der Waals surface area contributed by atoms with Crippen molar-refractivity contribution in [2.75, 3.05) is 27.3 Å². The second-order valence-electron chi connectivity index (χ2n) is 7.62. The van der Waals surface area contributed by atoms with Crippen LogP contribution in [0.15, 0.2) is 30.3 Å². The molecule has 6 nitrogen and oxygen atoms in total. The molecule has 0 unspecified atom stereocenters. The average Bonchev–Trinajstić information content (AvgIpc) is 2.63. The summed E-state index contributed by atoms with van der Waals surface area (Å²) in [5.41, 5.74) is 1.24. The second kappa shape index (κ2) is 7.54. The van der Waals surface area contributed by atoms with Gasteiger partial charge in [-0.3, -0.25) is 4.90 Å². The molecule has 0 spiro atoms. The zero-order valence-electron chi connectivity index (χ0n) is 16.3. The van der Waals surface area contributed by atoms with E-state index in [4.69, 9.17) is 18.9 Å². The third-order valence-electron chi connectivity index (χ3n) is 5.91. The number of aliphatic hydroxyl groups is 1. The van der Waals surface area contributed by atoms with Crippen molar-refractivity contribution in [2.45, 2.75) is 57.2 Å².